The average molecular weight is 462 g/mol. The first-order valence-corrected chi connectivity index (χ1v) is 10.7. The van der Waals surface area contributed by atoms with Gasteiger partial charge in [-0.15, -0.1) is 0 Å². The molecule has 2 N–H and O–H groups in total. The van der Waals surface area contributed by atoms with Crippen LogP contribution in [0.25, 0.3) is 11.1 Å². The summed E-state index contributed by atoms with van der Waals surface area (Å²) in [5.41, 5.74) is 13.3. The molecule has 0 amide bonds. The van der Waals surface area contributed by atoms with E-state index in [1.807, 2.05) is 0 Å². The summed E-state index contributed by atoms with van der Waals surface area (Å²) in [4.78, 5) is 0. The van der Waals surface area contributed by atoms with Crippen LogP contribution in [-0.4, -0.2) is 5.01 Å². The Morgan fingerprint density at radius 2 is 1.67 bits per heavy atom. The Morgan fingerprint density at radius 1 is 0.900 bits per heavy atom. The fourth-order valence-corrected chi connectivity index (χ4v) is 4.43. The van der Waals surface area contributed by atoms with E-state index in [0.29, 0.717) is 0 Å². The SMILES string of the molecule is CCCCC1=C[NH+](c2ccc3c(c2)Cc2ccccc2-3)NN1Cc1ccccc1.[Br-]. The molecule has 0 saturated carbocycles. The lowest BCUT2D eigenvalue weighted by molar-refractivity contribution is -0.835. The summed E-state index contributed by atoms with van der Waals surface area (Å²) >= 11 is 0. The minimum absolute atomic E-state index is 0. The lowest BCUT2D eigenvalue weighted by atomic mass is 10.1. The van der Waals surface area contributed by atoms with Crippen LogP contribution >= 0.6 is 0 Å². The van der Waals surface area contributed by atoms with Crippen molar-refractivity contribution in [3.05, 3.63) is 101 Å². The molecule has 3 nitrogen and oxygen atoms in total. The van der Waals surface area contributed by atoms with Gasteiger partial charge >= 0.3 is 0 Å². The predicted octanol–water partition coefficient (Wildman–Crippen LogP) is 1.75. The quantitative estimate of drug-likeness (QED) is 0.455. The van der Waals surface area contributed by atoms with Crippen LogP contribution in [0.2, 0.25) is 0 Å². The largest absolute Gasteiger partial charge is 1.00 e. The highest BCUT2D eigenvalue weighted by molar-refractivity contribution is 5.77. The molecule has 2 aliphatic rings. The second-order valence-corrected chi connectivity index (χ2v) is 8.04. The van der Waals surface area contributed by atoms with Gasteiger partial charge in [0.2, 0.25) is 0 Å². The number of unbranched alkanes of at least 4 members (excludes halogenated alkanes) is 1. The molecule has 5 rings (SSSR count). The first-order valence-electron chi connectivity index (χ1n) is 10.7. The smallest absolute Gasteiger partial charge is 0.157 e. The summed E-state index contributed by atoms with van der Waals surface area (Å²) in [6, 6.07) is 26.4. The van der Waals surface area contributed by atoms with E-state index in [0.717, 1.165) is 19.4 Å². The van der Waals surface area contributed by atoms with Gasteiger partial charge in [-0.05, 0) is 53.1 Å². The van der Waals surface area contributed by atoms with Gasteiger partial charge in [0.15, 0.2) is 5.69 Å². The monoisotopic (exact) mass is 461 g/mol. The van der Waals surface area contributed by atoms with E-state index in [2.05, 4.69) is 96.5 Å². The molecule has 1 atom stereocenters. The highest BCUT2D eigenvalue weighted by Crippen LogP contribution is 2.37. The van der Waals surface area contributed by atoms with Gasteiger partial charge in [-0.3, -0.25) is 5.01 Å². The summed E-state index contributed by atoms with van der Waals surface area (Å²) in [6.07, 6.45) is 6.92. The number of hydrogen-bond donors (Lipinski definition) is 2. The van der Waals surface area contributed by atoms with Crippen LogP contribution < -0.4 is 27.5 Å². The molecule has 154 valence electrons. The summed E-state index contributed by atoms with van der Waals surface area (Å²) in [5.74, 6) is 0. The summed E-state index contributed by atoms with van der Waals surface area (Å²) in [5, 5.41) is 3.54. The highest BCUT2D eigenvalue weighted by atomic mass is 79.9. The third-order valence-electron chi connectivity index (χ3n) is 5.99. The van der Waals surface area contributed by atoms with Crippen molar-refractivity contribution in [2.45, 2.75) is 39.2 Å². The molecule has 0 bridgehead atoms. The van der Waals surface area contributed by atoms with Crippen LogP contribution in [0, 0.1) is 0 Å². The first kappa shape index (κ1) is 20.9. The molecule has 3 aromatic carbocycles. The maximum Gasteiger partial charge on any atom is 0.157 e. The Kier molecular flexibility index (Phi) is 6.38. The number of nitrogens with zero attached hydrogens (tertiary/aromatic N) is 1. The summed E-state index contributed by atoms with van der Waals surface area (Å²) in [7, 11) is 0. The van der Waals surface area contributed by atoms with Gasteiger partial charge in [-0.2, -0.15) is 5.01 Å². The van der Waals surface area contributed by atoms with E-state index in [9.17, 15) is 0 Å². The van der Waals surface area contributed by atoms with Crippen molar-refractivity contribution in [3.8, 4) is 11.1 Å². The number of hydrogen-bond acceptors (Lipinski definition) is 2. The van der Waals surface area contributed by atoms with Crippen molar-refractivity contribution >= 4 is 5.69 Å². The van der Waals surface area contributed by atoms with E-state index >= 15 is 0 Å². The van der Waals surface area contributed by atoms with Crippen molar-refractivity contribution in [1.82, 2.24) is 10.5 Å². The maximum absolute atomic E-state index is 3.68. The van der Waals surface area contributed by atoms with E-state index in [4.69, 9.17) is 0 Å². The zero-order valence-electron chi connectivity index (χ0n) is 17.4. The molecule has 4 heteroatoms. The van der Waals surface area contributed by atoms with Crippen LogP contribution in [0.1, 0.15) is 42.9 Å². The average Bonchev–Trinajstić information content (AvgIpc) is 3.33. The van der Waals surface area contributed by atoms with Crippen molar-refractivity contribution < 1.29 is 22.0 Å². The molecule has 0 fully saturated rings. The molecule has 0 saturated heterocycles. The zero-order valence-corrected chi connectivity index (χ0v) is 19.0. The van der Waals surface area contributed by atoms with Gasteiger partial charge in [0.25, 0.3) is 0 Å². The van der Waals surface area contributed by atoms with E-state index in [1.165, 1.54) is 57.1 Å². The number of benzene rings is 3. The number of halogens is 1. The molecular formula is C26H28BrN3. The number of fused-ring (bicyclic) bond motifs is 3. The third-order valence-corrected chi connectivity index (χ3v) is 5.99. The van der Waals surface area contributed by atoms with Gasteiger partial charge in [-0.25, -0.2) is 0 Å². The predicted molar refractivity (Wildman–Crippen MR) is 118 cm³/mol. The molecule has 3 aromatic rings. The topological polar surface area (TPSA) is 19.7 Å². The Morgan fingerprint density at radius 3 is 2.50 bits per heavy atom. The standard InChI is InChI=1S/C26H27N3.BrH/c1-2-3-12-24-19-29(27-28(24)18-20-9-5-4-6-10-20)23-14-15-26-22(17-23)16-21-11-7-8-13-25(21)26;/h4-11,13-15,17,19,27H,2-3,12,16,18H2,1H3;1H. The molecule has 1 heterocycles. The summed E-state index contributed by atoms with van der Waals surface area (Å²) < 4.78 is 0. The molecule has 1 unspecified atom stereocenters. The normalized spacial score (nSPS) is 16.6. The van der Waals surface area contributed by atoms with E-state index in [1.54, 1.807) is 0 Å². The number of quaternary nitrogens is 1. The van der Waals surface area contributed by atoms with Gasteiger partial charge in [0, 0.05) is 12.1 Å². The minimum Gasteiger partial charge on any atom is -1.00 e. The first-order chi connectivity index (χ1) is 14.3. The lowest BCUT2D eigenvalue weighted by Gasteiger charge is -2.21. The molecule has 1 aliphatic carbocycles. The Labute approximate surface area is 189 Å². The van der Waals surface area contributed by atoms with Gasteiger partial charge in [-0.1, -0.05) is 73.5 Å². The number of rotatable bonds is 6. The Hall–Kier alpha value is -2.40. The Bertz CT molecular complexity index is 1050. The van der Waals surface area contributed by atoms with E-state index < -0.39 is 0 Å². The van der Waals surface area contributed by atoms with Crippen molar-refractivity contribution in [2.24, 2.45) is 0 Å². The minimum atomic E-state index is 0. The van der Waals surface area contributed by atoms with Gasteiger partial charge < -0.3 is 17.0 Å². The second kappa shape index (κ2) is 9.17. The number of allylic oxidation sites excluding steroid dienone is 1. The summed E-state index contributed by atoms with van der Waals surface area (Å²) in [6.45, 7) is 3.14. The number of hydrazine groups is 1. The Balaban J connectivity index is 0.00000218. The lowest BCUT2D eigenvalue weighted by Crippen LogP contribution is -3.09. The second-order valence-electron chi connectivity index (χ2n) is 8.04. The van der Waals surface area contributed by atoms with Crippen LogP contribution in [0.15, 0.2) is 84.7 Å². The molecule has 0 spiro atoms. The molecule has 0 radical (unpaired) electrons. The van der Waals surface area contributed by atoms with Crippen molar-refractivity contribution in [3.63, 3.8) is 0 Å². The number of nitrogens with one attached hydrogen (secondary N) is 2. The molecule has 1 aliphatic heterocycles. The van der Waals surface area contributed by atoms with Crippen LogP contribution in [-0.2, 0) is 13.0 Å². The van der Waals surface area contributed by atoms with Crippen LogP contribution in [0.4, 0.5) is 5.69 Å². The highest BCUT2D eigenvalue weighted by Gasteiger charge is 2.28. The zero-order chi connectivity index (χ0) is 19.6. The molecule has 30 heavy (non-hydrogen) atoms. The van der Waals surface area contributed by atoms with Crippen molar-refractivity contribution in [1.29, 1.82) is 0 Å². The maximum atomic E-state index is 3.68. The van der Waals surface area contributed by atoms with Gasteiger partial charge in [0.1, 0.15) is 6.20 Å². The van der Waals surface area contributed by atoms with Crippen molar-refractivity contribution in [2.75, 3.05) is 0 Å². The molecular weight excluding hydrogens is 434 g/mol. The molecule has 0 aromatic heterocycles. The third kappa shape index (κ3) is 4.08. The van der Waals surface area contributed by atoms with Crippen LogP contribution in [0.5, 0.6) is 0 Å². The van der Waals surface area contributed by atoms with E-state index in [-0.39, 0.29) is 17.0 Å². The fourth-order valence-electron chi connectivity index (χ4n) is 4.43. The fraction of sp³-hybridized carbons (Fsp3) is 0.231. The van der Waals surface area contributed by atoms with Crippen LogP contribution in [0.3, 0.4) is 0 Å². The van der Waals surface area contributed by atoms with Gasteiger partial charge in [0.05, 0.1) is 12.2 Å².